The first-order valence-electron chi connectivity index (χ1n) is 9.08. The summed E-state index contributed by atoms with van der Waals surface area (Å²) in [4.78, 5) is 21.2. The quantitative estimate of drug-likeness (QED) is 0.827. The second-order valence-corrected chi connectivity index (χ2v) is 7.10. The van der Waals surface area contributed by atoms with Gasteiger partial charge in [-0.05, 0) is 24.5 Å². The highest BCUT2D eigenvalue weighted by atomic mass is 35.5. The first-order chi connectivity index (χ1) is 12.7. The van der Waals surface area contributed by atoms with Crippen molar-refractivity contribution in [3.8, 4) is 0 Å². The molecule has 0 saturated carbocycles. The third-order valence-corrected chi connectivity index (χ3v) is 5.35. The number of carbonyl (C=O) groups is 1. The van der Waals surface area contributed by atoms with Crippen molar-refractivity contribution < 1.29 is 9.53 Å². The normalized spacial score (nSPS) is 20.4. The lowest BCUT2D eigenvalue weighted by molar-refractivity contribution is 0.0302. The topological polar surface area (TPSA) is 45.7 Å². The highest BCUT2D eigenvalue weighted by molar-refractivity contribution is 6.33. The summed E-state index contributed by atoms with van der Waals surface area (Å²) in [5.74, 6) is 0.729. The highest BCUT2D eigenvalue weighted by Crippen LogP contribution is 2.38. The van der Waals surface area contributed by atoms with Gasteiger partial charge in [-0.2, -0.15) is 0 Å². The summed E-state index contributed by atoms with van der Waals surface area (Å²) in [6, 6.07) is 12.5. The summed E-state index contributed by atoms with van der Waals surface area (Å²) in [6.07, 6.45) is 3.84. The number of amides is 1. The molecule has 136 valence electrons. The Labute approximate surface area is 158 Å². The van der Waals surface area contributed by atoms with Gasteiger partial charge in [-0.3, -0.25) is 4.79 Å². The van der Waals surface area contributed by atoms with Gasteiger partial charge in [0.25, 0.3) is 5.91 Å². The maximum absolute atomic E-state index is 12.6. The van der Waals surface area contributed by atoms with Crippen molar-refractivity contribution in [1.29, 1.82) is 0 Å². The van der Waals surface area contributed by atoms with E-state index in [4.69, 9.17) is 16.3 Å². The van der Waals surface area contributed by atoms with E-state index < -0.39 is 0 Å². The lowest BCUT2D eigenvalue weighted by atomic mass is 10.0. The number of hydrogen-bond acceptors (Lipinski definition) is 4. The van der Waals surface area contributed by atoms with Gasteiger partial charge < -0.3 is 14.5 Å². The van der Waals surface area contributed by atoms with Crippen LogP contribution in [0.3, 0.4) is 0 Å². The van der Waals surface area contributed by atoms with Gasteiger partial charge in [0.1, 0.15) is 5.82 Å². The van der Waals surface area contributed by atoms with Crippen LogP contribution in [-0.4, -0.2) is 48.6 Å². The van der Waals surface area contributed by atoms with Crippen LogP contribution in [-0.2, 0) is 4.74 Å². The Balaban J connectivity index is 1.56. The molecule has 26 heavy (non-hydrogen) atoms. The maximum Gasteiger partial charge on any atom is 0.255 e. The first kappa shape index (κ1) is 17.3. The van der Waals surface area contributed by atoms with E-state index >= 15 is 0 Å². The zero-order valence-corrected chi connectivity index (χ0v) is 15.4. The largest absolute Gasteiger partial charge is 0.378 e. The van der Waals surface area contributed by atoms with Crippen molar-refractivity contribution in [2.24, 2.45) is 0 Å². The predicted molar refractivity (Wildman–Crippen MR) is 102 cm³/mol. The molecule has 0 spiro atoms. The predicted octanol–water partition coefficient (Wildman–Crippen LogP) is 3.55. The van der Waals surface area contributed by atoms with Gasteiger partial charge >= 0.3 is 0 Å². The first-order valence-corrected chi connectivity index (χ1v) is 9.46. The molecule has 2 aromatic rings. The molecule has 2 saturated heterocycles. The standard InChI is InChI=1S/C20H22ClN3O2/c21-17-13-16(20(25)23-9-11-26-12-10-23)14-22-19(17)24-8-4-7-18(24)15-5-2-1-3-6-15/h1-3,5-6,13-14,18H,4,7-12H2. The average Bonchev–Trinajstić information content (AvgIpc) is 3.18. The molecule has 2 aliphatic heterocycles. The van der Waals surface area contributed by atoms with Crippen LogP contribution in [0.15, 0.2) is 42.6 Å². The average molecular weight is 372 g/mol. The van der Waals surface area contributed by atoms with Crippen LogP contribution in [0.2, 0.25) is 5.02 Å². The molecule has 6 heteroatoms. The highest BCUT2D eigenvalue weighted by Gasteiger charge is 2.29. The number of pyridine rings is 1. The summed E-state index contributed by atoms with van der Waals surface area (Å²) in [5, 5.41) is 0.534. The molecule has 2 aliphatic rings. The van der Waals surface area contributed by atoms with Crippen molar-refractivity contribution >= 4 is 23.3 Å². The van der Waals surface area contributed by atoms with Crippen LogP contribution < -0.4 is 4.90 Å². The molecule has 5 nitrogen and oxygen atoms in total. The van der Waals surface area contributed by atoms with Crippen LogP contribution >= 0.6 is 11.6 Å². The molecule has 0 radical (unpaired) electrons. The molecular formula is C20H22ClN3O2. The van der Waals surface area contributed by atoms with Gasteiger partial charge in [0.15, 0.2) is 0 Å². The van der Waals surface area contributed by atoms with E-state index in [1.807, 2.05) is 6.07 Å². The lowest BCUT2D eigenvalue weighted by Crippen LogP contribution is -2.40. The van der Waals surface area contributed by atoms with E-state index in [9.17, 15) is 4.79 Å². The molecule has 2 fully saturated rings. The van der Waals surface area contributed by atoms with Gasteiger partial charge in [-0.25, -0.2) is 4.98 Å². The summed E-state index contributed by atoms with van der Waals surface area (Å²) >= 11 is 6.55. The number of halogens is 1. The molecule has 4 rings (SSSR count). The minimum atomic E-state index is -0.0321. The summed E-state index contributed by atoms with van der Waals surface area (Å²) < 4.78 is 5.31. The SMILES string of the molecule is O=C(c1cnc(N2CCCC2c2ccccc2)c(Cl)c1)N1CCOCC1. The summed E-state index contributed by atoms with van der Waals surface area (Å²) in [7, 11) is 0. The number of nitrogens with zero attached hydrogens (tertiary/aromatic N) is 3. The van der Waals surface area contributed by atoms with Crippen LogP contribution in [0.4, 0.5) is 5.82 Å². The van der Waals surface area contributed by atoms with Gasteiger partial charge in [0.05, 0.1) is 29.8 Å². The van der Waals surface area contributed by atoms with Crippen molar-refractivity contribution in [3.05, 3.63) is 58.7 Å². The monoisotopic (exact) mass is 371 g/mol. The van der Waals surface area contributed by atoms with Crippen molar-refractivity contribution in [2.75, 3.05) is 37.7 Å². The Morgan fingerprint density at radius 2 is 1.92 bits per heavy atom. The van der Waals surface area contributed by atoms with E-state index in [2.05, 4.69) is 34.1 Å². The number of hydrogen-bond donors (Lipinski definition) is 0. The molecular weight excluding hydrogens is 350 g/mol. The van der Waals surface area contributed by atoms with Gasteiger partial charge in [-0.15, -0.1) is 0 Å². The third kappa shape index (κ3) is 3.41. The van der Waals surface area contributed by atoms with Crippen LogP contribution in [0.5, 0.6) is 0 Å². The van der Waals surface area contributed by atoms with Crippen molar-refractivity contribution in [3.63, 3.8) is 0 Å². The fourth-order valence-corrected chi connectivity index (χ4v) is 4.02. The molecule has 1 aromatic heterocycles. The molecule has 0 bridgehead atoms. The Kier molecular flexibility index (Phi) is 5.09. The lowest BCUT2D eigenvalue weighted by Gasteiger charge is -2.28. The van der Waals surface area contributed by atoms with E-state index in [1.54, 1.807) is 17.2 Å². The van der Waals surface area contributed by atoms with Crippen molar-refractivity contribution in [1.82, 2.24) is 9.88 Å². The van der Waals surface area contributed by atoms with Gasteiger partial charge in [0.2, 0.25) is 0 Å². The zero-order chi connectivity index (χ0) is 17.9. The Morgan fingerprint density at radius 1 is 1.15 bits per heavy atom. The zero-order valence-electron chi connectivity index (χ0n) is 14.6. The van der Waals surface area contributed by atoms with E-state index in [0.29, 0.717) is 36.9 Å². The molecule has 1 amide bonds. The molecule has 1 aromatic carbocycles. The maximum atomic E-state index is 12.6. The fraction of sp³-hybridized carbons (Fsp3) is 0.400. The Hall–Kier alpha value is -2.11. The Morgan fingerprint density at radius 3 is 2.65 bits per heavy atom. The number of ether oxygens (including phenoxy) is 1. The number of aromatic nitrogens is 1. The number of morpholine rings is 1. The molecule has 0 aliphatic carbocycles. The molecule has 3 heterocycles. The van der Waals surface area contributed by atoms with E-state index in [0.717, 1.165) is 25.2 Å². The summed E-state index contributed by atoms with van der Waals surface area (Å²) in [6.45, 7) is 3.30. The number of carbonyl (C=O) groups excluding carboxylic acids is 1. The Bertz CT molecular complexity index is 778. The van der Waals surface area contributed by atoms with E-state index in [-0.39, 0.29) is 11.9 Å². The molecule has 0 N–H and O–H groups in total. The molecule has 1 atom stereocenters. The second-order valence-electron chi connectivity index (χ2n) is 6.70. The van der Waals surface area contributed by atoms with Gasteiger partial charge in [-0.1, -0.05) is 41.9 Å². The van der Waals surface area contributed by atoms with Gasteiger partial charge in [0, 0.05) is 25.8 Å². The fourth-order valence-electron chi connectivity index (χ4n) is 3.75. The summed E-state index contributed by atoms with van der Waals surface area (Å²) in [5.41, 5.74) is 1.81. The second kappa shape index (κ2) is 7.64. The number of anilines is 1. The third-order valence-electron chi connectivity index (χ3n) is 5.08. The minimum Gasteiger partial charge on any atom is -0.378 e. The smallest absolute Gasteiger partial charge is 0.255 e. The van der Waals surface area contributed by atoms with Crippen LogP contribution in [0.25, 0.3) is 0 Å². The van der Waals surface area contributed by atoms with Crippen LogP contribution in [0.1, 0.15) is 34.8 Å². The molecule has 1 unspecified atom stereocenters. The van der Waals surface area contributed by atoms with Crippen molar-refractivity contribution in [2.45, 2.75) is 18.9 Å². The minimum absolute atomic E-state index is 0.0321. The number of benzene rings is 1. The van der Waals surface area contributed by atoms with Crippen LogP contribution in [0, 0.1) is 0 Å². The number of rotatable bonds is 3. The van der Waals surface area contributed by atoms with E-state index in [1.165, 1.54) is 5.56 Å².